The van der Waals surface area contributed by atoms with Gasteiger partial charge in [-0.25, -0.2) is 0 Å². The third-order valence-corrected chi connectivity index (χ3v) is 4.95. The molecular formula is C17H18BrCl2N. The Morgan fingerprint density at radius 1 is 1.14 bits per heavy atom. The molecule has 0 aliphatic heterocycles. The summed E-state index contributed by atoms with van der Waals surface area (Å²) in [7, 11) is 0. The summed E-state index contributed by atoms with van der Waals surface area (Å²) in [6.45, 7) is 5.12. The number of likely N-dealkylation sites (N-methyl/N-ethyl adjacent to an activating group) is 1. The van der Waals surface area contributed by atoms with Crippen LogP contribution in [0.3, 0.4) is 0 Å². The third kappa shape index (κ3) is 4.46. The van der Waals surface area contributed by atoms with Crippen molar-refractivity contribution in [3.63, 3.8) is 0 Å². The Morgan fingerprint density at radius 2 is 1.90 bits per heavy atom. The smallest absolute Gasteiger partial charge is 0.0453 e. The molecular weight excluding hydrogens is 369 g/mol. The second-order valence-corrected chi connectivity index (χ2v) is 6.76. The van der Waals surface area contributed by atoms with Crippen LogP contribution in [-0.2, 0) is 6.42 Å². The summed E-state index contributed by atoms with van der Waals surface area (Å²) >= 11 is 15.8. The highest BCUT2D eigenvalue weighted by Crippen LogP contribution is 2.28. The van der Waals surface area contributed by atoms with Crippen LogP contribution < -0.4 is 5.32 Å². The van der Waals surface area contributed by atoms with Crippen LogP contribution in [0.15, 0.2) is 40.9 Å². The van der Waals surface area contributed by atoms with Gasteiger partial charge in [-0.1, -0.05) is 64.3 Å². The number of hydrogen-bond donors (Lipinski definition) is 1. The van der Waals surface area contributed by atoms with Crippen LogP contribution in [0.4, 0.5) is 0 Å². The normalized spacial score (nSPS) is 12.4. The Kier molecular flexibility index (Phi) is 6.12. The molecule has 1 N–H and O–H groups in total. The average molecular weight is 387 g/mol. The van der Waals surface area contributed by atoms with Gasteiger partial charge in [0.2, 0.25) is 0 Å². The van der Waals surface area contributed by atoms with E-state index < -0.39 is 0 Å². The van der Waals surface area contributed by atoms with Crippen molar-refractivity contribution >= 4 is 39.1 Å². The monoisotopic (exact) mass is 385 g/mol. The van der Waals surface area contributed by atoms with Crippen LogP contribution in [-0.4, -0.2) is 6.54 Å². The number of halogens is 3. The molecule has 2 rings (SSSR count). The minimum atomic E-state index is 0.237. The number of rotatable bonds is 5. The summed E-state index contributed by atoms with van der Waals surface area (Å²) in [4.78, 5) is 0. The fraction of sp³-hybridized carbons (Fsp3) is 0.294. The lowest BCUT2D eigenvalue weighted by Crippen LogP contribution is -2.23. The van der Waals surface area contributed by atoms with Crippen molar-refractivity contribution in [2.24, 2.45) is 0 Å². The van der Waals surface area contributed by atoms with Gasteiger partial charge in [-0.3, -0.25) is 0 Å². The van der Waals surface area contributed by atoms with Crippen molar-refractivity contribution in [2.45, 2.75) is 26.3 Å². The van der Waals surface area contributed by atoms with Crippen LogP contribution in [0, 0.1) is 6.92 Å². The number of hydrogen-bond acceptors (Lipinski definition) is 1. The van der Waals surface area contributed by atoms with E-state index in [0.29, 0.717) is 5.02 Å². The van der Waals surface area contributed by atoms with Crippen molar-refractivity contribution in [3.05, 3.63) is 67.6 Å². The highest BCUT2D eigenvalue weighted by atomic mass is 79.9. The minimum absolute atomic E-state index is 0.237. The minimum Gasteiger partial charge on any atom is -0.310 e. The van der Waals surface area contributed by atoms with E-state index >= 15 is 0 Å². The van der Waals surface area contributed by atoms with Crippen molar-refractivity contribution < 1.29 is 0 Å². The van der Waals surface area contributed by atoms with Crippen LogP contribution in [0.25, 0.3) is 0 Å². The van der Waals surface area contributed by atoms with Crippen LogP contribution in [0.1, 0.15) is 29.7 Å². The Labute approximate surface area is 144 Å². The van der Waals surface area contributed by atoms with E-state index in [0.717, 1.165) is 28.0 Å². The first-order valence-electron chi connectivity index (χ1n) is 6.94. The molecule has 0 saturated heterocycles. The predicted octanol–water partition coefficient (Wildman–Crippen LogP) is 5.96. The van der Waals surface area contributed by atoms with Gasteiger partial charge in [0.1, 0.15) is 0 Å². The first-order valence-corrected chi connectivity index (χ1v) is 8.49. The highest BCUT2D eigenvalue weighted by molar-refractivity contribution is 9.10. The molecule has 0 aliphatic carbocycles. The molecule has 0 bridgehead atoms. The van der Waals surface area contributed by atoms with Crippen LogP contribution in [0.5, 0.6) is 0 Å². The average Bonchev–Trinajstić information content (AvgIpc) is 2.44. The molecule has 0 heterocycles. The fourth-order valence-corrected chi connectivity index (χ4v) is 3.08. The van der Waals surface area contributed by atoms with E-state index in [4.69, 9.17) is 23.2 Å². The Morgan fingerprint density at radius 3 is 2.52 bits per heavy atom. The van der Waals surface area contributed by atoms with Gasteiger partial charge in [-0.2, -0.15) is 0 Å². The molecule has 0 fully saturated rings. The SMILES string of the molecule is CCNC(Cc1ccc(Cl)cc1Cl)c1ccc(Br)c(C)c1. The third-order valence-electron chi connectivity index (χ3n) is 3.47. The molecule has 0 aliphatic rings. The molecule has 1 nitrogen and oxygen atoms in total. The van der Waals surface area contributed by atoms with Gasteiger partial charge in [-0.05, 0) is 54.8 Å². The van der Waals surface area contributed by atoms with E-state index in [-0.39, 0.29) is 6.04 Å². The van der Waals surface area contributed by atoms with E-state index in [1.54, 1.807) is 6.07 Å². The largest absolute Gasteiger partial charge is 0.310 e. The number of aryl methyl sites for hydroxylation is 1. The maximum absolute atomic E-state index is 6.30. The molecule has 2 aromatic rings. The molecule has 0 spiro atoms. The zero-order valence-electron chi connectivity index (χ0n) is 12.1. The van der Waals surface area contributed by atoms with Crippen LogP contribution >= 0.6 is 39.1 Å². The van der Waals surface area contributed by atoms with Gasteiger partial charge in [0.15, 0.2) is 0 Å². The maximum Gasteiger partial charge on any atom is 0.0453 e. The second-order valence-electron chi connectivity index (χ2n) is 5.06. The topological polar surface area (TPSA) is 12.0 Å². The molecule has 4 heteroatoms. The summed E-state index contributed by atoms with van der Waals surface area (Å²) in [5.74, 6) is 0. The molecule has 0 saturated carbocycles. The zero-order valence-corrected chi connectivity index (χ0v) is 15.2. The molecule has 1 atom stereocenters. The van der Waals surface area contributed by atoms with Crippen molar-refractivity contribution in [1.29, 1.82) is 0 Å². The van der Waals surface area contributed by atoms with Gasteiger partial charge >= 0.3 is 0 Å². The molecule has 0 amide bonds. The summed E-state index contributed by atoms with van der Waals surface area (Å²) in [6, 6.07) is 12.4. The molecule has 112 valence electrons. The van der Waals surface area contributed by atoms with E-state index in [2.05, 4.69) is 53.3 Å². The molecule has 0 radical (unpaired) electrons. The lowest BCUT2D eigenvalue weighted by molar-refractivity contribution is 0.549. The fourth-order valence-electron chi connectivity index (χ4n) is 2.35. The quantitative estimate of drug-likeness (QED) is 0.668. The van der Waals surface area contributed by atoms with E-state index in [1.165, 1.54) is 11.1 Å². The first-order chi connectivity index (χ1) is 10.0. The summed E-state index contributed by atoms with van der Waals surface area (Å²) < 4.78 is 1.13. The maximum atomic E-state index is 6.30. The lowest BCUT2D eigenvalue weighted by atomic mass is 9.97. The zero-order chi connectivity index (χ0) is 15.4. The second kappa shape index (κ2) is 7.64. The highest BCUT2D eigenvalue weighted by Gasteiger charge is 2.14. The van der Waals surface area contributed by atoms with E-state index in [9.17, 15) is 0 Å². The van der Waals surface area contributed by atoms with Crippen molar-refractivity contribution in [3.8, 4) is 0 Å². The van der Waals surface area contributed by atoms with Crippen LogP contribution in [0.2, 0.25) is 10.0 Å². The first kappa shape index (κ1) is 16.8. The number of benzene rings is 2. The number of nitrogens with one attached hydrogen (secondary N) is 1. The van der Waals surface area contributed by atoms with Gasteiger partial charge in [-0.15, -0.1) is 0 Å². The lowest BCUT2D eigenvalue weighted by Gasteiger charge is -2.20. The van der Waals surface area contributed by atoms with Gasteiger partial charge in [0.25, 0.3) is 0 Å². The summed E-state index contributed by atoms with van der Waals surface area (Å²) in [5, 5.41) is 4.92. The van der Waals surface area contributed by atoms with Crippen molar-refractivity contribution in [2.75, 3.05) is 6.54 Å². The molecule has 0 aromatic heterocycles. The Hall–Kier alpha value is -0.540. The predicted molar refractivity (Wildman–Crippen MR) is 95.5 cm³/mol. The summed E-state index contributed by atoms with van der Waals surface area (Å²) in [5.41, 5.74) is 3.61. The van der Waals surface area contributed by atoms with Gasteiger partial charge in [0, 0.05) is 20.6 Å². The Bertz CT molecular complexity index is 628. The molecule has 1 unspecified atom stereocenters. The van der Waals surface area contributed by atoms with E-state index in [1.807, 2.05) is 12.1 Å². The Balaban J connectivity index is 2.28. The standard InChI is InChI=1S/C17H18BrCl2N/c1-3-21-17(13-5-7-15(18)11(2)8-13)9-12-4-6-14(19)10-16(12)20/h4-8,10,17,21H,3,9H2,1-2H3. The molecule has 2 aromatic carbocycles. The molecule has 21 heavy (non-hydrogen) atoms. The van der Waals surface area contributed by atoms with Gasteiger partial charge in [0.05, 0.1) is 0 Å². The summed E-state index contributed by atoms with van der Waals surface area (Å²) in [6.07, 6.45) is 0.838. The van der Waals surface area contributed by atoms with Crippen molar-refractivity contribution in [1.82, 2.24) is 5.32 Å². The van der Waals surface area contributed by atoms with Gasteiger partial charge < -0.3 is 5.32 Å².